The molecule has 1 aliphatic heterocycles. The Labute approximate surface area is 77.1 Å². The molecule has 0 saturated carbocycles. The number of nitrogens with zero attached hydrogens (tertiary/aromatic N) is 2. The van der Waals surface area contributed by atoms with E-state index in [1.54, 1.807) is 19.4 Å². The fraction of sp³-hybridized carbons (Fsp3) is 0.571. The van der Waals surface area contributed by atoms with Crippen LogP contribution in [0.1, 0.15) is 13.3 Å². The van der Waals surface area contributed by atoms with Crippen LogP contribution in [0.25, 0.3) is 0 Å². The van der Waals surface area contributed by atoms with Crippen molar-refractivity contribution < 1.29 is 9.53 Å². The van der Waals surface area contributed by atoms with Crippen LogP contribution in [0.3, 0.4) is 0 Å². The average Bonchev–Trinajstić information content (AvgIpc) is 2.40. The quantitative estimate of drug-likeness (QED) is 0.625. The molecule has 0 fully saturated rings. The smallest absolute Gasteiger partial charge is 0.306 e. The molecule has 0 aliphatic carbocycles. The summed E-state index contributed by atoms with van der Waals surface area (Å²) in [6.07, 6.45) is 3.62. The van der Waals surface area contributed by atoms with E-state index in [1.807, 2.05) is 0 Å². The van der Waals surface area contributed by atoms with Crippen LogP contribution in [0.15, 0.2) is 10.2 Å². The lowest BCUT2D eigenvalue weighted by Crippen LogP contribution is -2.11. The Morgan fingerprint density at radius 1 is 1.50 bits per heavy atom. The molecule has 68 valence electrons. The minimum Gasteiger partial charge on any atom is -0.466 e. The molecule has 4 nitrogen and oxygen atoms in total. The van der Waals surface area contributed by atoms with Gasteiger partial charge in [0.1, 0.15) is 0 Å². The lowest BCUT2D eigenvalue weighted by atomic mass is 10.1. The van der Waals surface area contributed by atoms with Gasteiger partial charge in [-0.25, -0.2) is 0 Å². The molecular weight excluding hydrogens is 180 g/mol. The van der Waals surface area contributed by atoms with E-state index in [4.69, 9.17) is 4.74 Å². The lowest BCUT2D eigenvalue weighted by Gasteiger charge is -2.01. The molecular formula is C7H11ClN2O2. The van der Waals surface area contributed by atoms with Gasteiger partial charge in [0.05, 0.1) is 13.0 Å². The van der Waals surface area contributed by atoms with Crippen molar-refractivity contribution in [3.63, 3.8) is 0 Å². The maximum Gasteiger partial charge on any atom is 0.306 e. The second-order valence-corrected chi connectivity index (χ2v) is 2.20. The van der Waals surface area contributed by atoms with E-state index in [1.165, 1.54) is 0 Å². The summed E-state index contributed by atoms with van der Waals surface area (Å²) < 4.78 is 4.74. The highest BCUT2D eigenvalue weighted by atomic mass is 35.5. The highest BCUT2D eigenvalue weighted by Crippen LogP contribution is 2.03. The van der Waals surface area contributed by atoms with Crippen LogP contribution in [0.2, 0.25) is 0 Å². The molecule has 0 atom stereocenters. The molecule has 0 radical (unpaired) electrons. The summed E-state index contributed by atoms with van der Waals surface area (Å²) in [5.74, 6) is -0.161. The third-order valence-corrected chi connectivity index (χ3v) is 1.29. The normalized spacial score (nSPS) is 14.4. The number of ether oxygens (including phenoxy) is 1. The largest absolute Gasteiger partial charge is 0.466 e. The lowest BCUT2D eigenvalue weighted by molar-refractivity contribution is -0.143. The fourth-order valence-electron chi connectivity index (χ4n) is 0.805. The highest BCUT2D eigenvalue weighted by molar-refractivity contribution is 5.91. The average molecular weight is 191 g/mol. The predicted octanol–water partition coefficient (Wildman–Crippen LogP) is 1.05. The maximum absolute atomic E-state index is 10.9. The molecule has 0 spiro atoms. The number of esters is 1. The summed E-state index contributed by atoms with van der Waals surface area (Å²) in [7, 11) is 0. The van der Waals surface area contributed by atoms with E-state index in [0.29, 0.717) is 13.0 Å². The van der Waals surface area contributed by atoms with Gasteiger partial charge in [0.15, 0.2) is 0 Å². The summed E-state index contributed by atoms with van der Waals surface area (Å²) in [5.41, 5.74) is 0. The van der Waals surface area contributed by atoms with E-state index in [0.717, 1.165) is 0 Å². The van der Waals surface area contributed by atoms with Crippen molar-refractivity contribution in [3.8, 4) is 0 Å². The van der Waals surface area contributed by atoms with Gasteiger partial charge in [0, 0.05) is 18.3 Å². The van der Waals surface area contributed by atoms with Crippen molar-refractivity contribution in [2.75, 3.05) is 6.61 Å². The maximum atomic E-state index is 10.9. The first-order chi connectivity index (χ1) is 5.33. The summed E-state index contributed by atoms with van der Waals surface area (Å²) in [5, 5.41) is 7.23. The number of hydrogen-bond donors (Lipinski definition) is 0. The Kier molecular flexibility index (Phi) is 5.28. The van der Waals surface area contributed by atoms with Crippen molar-refractivity contribution in [2.45, 2.75) is 13.3 Å². The van der Waals surface area contributed by atoms with Crippen LogP contribution in [-0.4, -0.2) is 25.0 Å². The van der Waals surface area contributed by atoms with Gasteiger partial charge < -0.3 is 4.74 Å². The van der Waals surface area contributed by atoms with Crippen molar-refractivity contribution in [1.82, 2.24) is 0 Å². The molecule has 0 N–H and O–H groups in total. The van der Waals surface area contributed by atoms with Gasteiger partial charge in [-0.2, -0.15) is 10.2 Å². The van der Waals surface area contributed by atoms with Crippen molar-refractivity contribution in [1.29, 1.82) is 0 Å². The van der Waals surface area contributed by atoms with E-state index < -0.39 is 0 Å². The molecule has 0 aromatic carbocycles. The fourth-order valence-corrected chi connectivity index (χ4v) is 0.805. The molecule has 0 aromatic rings. The minimum absolute atomic E-state index is 0. The van der Waals surface area contributed by atoms with Crippen molar-refractivity contribution in [2.24, 2.45) is 16.1 Å². The van der Waals surface area contributed by atoms with Crippen LogP contribution in [0.4, 0.5) is 0 Å². The molecule has 12 heavy (non-hydrogen) atoms. The van der Waals surface area contributed by atoms with E-state index in [-0.39, 0.29) is 24.3 Å². The zero-order valence-electron chi connectivity index (χ0n) is 6.77. The van der Waals surface area contributed by atoms with Crippen molar-refractivity contribution in [3.05, 3.63) is 0 Å². The van der Waals surface area contributed by atoms with Gasteiger partial charge in [-0.3, -0.25) is 4.79 Å². The number of hydrogen-bond acceptors (Lipinski definition) is 4. The highest BCUT2D eigenvalue weighted by Gasteiger charge is 2.12. The topological polar surface area (TPSA) is 51.0 Å². The van der Waals surface area contributed by atoms with E-state index in [9.17, 15) is 4.79 Å². The molecule has 5 heteroatoms. The van der Waals surface area contributed by atoms with Gasteiger partial charge in [0.2, 0.25) is 0 Å². The summed E-state index contributed by atoms with van der Waals surface area (Å²) in [4.78, 5) is 10.9. The van der Waals surface area contributed by atoms with Crippen LogP contribution in [0.5, 0.6) is 0 Å². The Bertz CT molecular complexity index is 192. The SMILES string of the molecule is CCOC(=O)CC1C=NN=C1.Cl. The van der Waals surface area contributed by atoms with Gasteiger partial charge >= 0.3 is 5.97 Å². The number of rotatable bonds is 3. The minimum atomic E-state index is -0.197. The third kappa shape index (κ3) is 3.48. The zero-order chi connectivity index (χ0) is 8.10. The van der Waals surface area contributed by atoms with Crippen LogP contribution < -0.4 is 0 Å². The second-order valence-electron chi connectivity index (χ2n) is 2.20. The molecule has 1 rings (SSSR count). The third-order valence-electron chi connectivity index (χ3n) is 1.29. The molecule has 0 amide bonds. The molecule has 1 aliphatic rings. The van der Waals surface area contributed by atoms with Crippen LogP contribution in [-0.2, 0) is 9.53 Å². The van der Waals surface area contributed by atoms with Crippen LogP contribution >= 0.6 is 12.4 Å². The Hall–Kier alpha value is -0.900. The standard InChI is InChI=1S/C7H10N2O2.ClH/c1-2-11-7(10)3-6-4-8-9-5-6;/h4-6H,2-3H2,1H3;1H. The monoisotopic (exact) mass is 190 g/mol. The van der Waals surface area contributed by atoms with Gasteiger partial charge in [-0.1, -0.05) is 0 Å². The predicted molar refractivity (Wildman–Crippen MR) is 49.0 cm³/mol. The van der Waals surface area contributed by atoms with Crippen LogP contribution in [0, 0.1) is 5.92 Å². The van der Waals surface area contributed by atoms with E-state index in [2.05, 4.69) is 10.2 Å². The first kappa shape index (κ1) is 11.1. The first-order valence-electron chi connectivity index (χ1n) is 3.55. The zero-order valence-corrected chi connectivity index (χ0v) is 7.58. The number of carbonyl (C=O) groups is 1. The molecule has 1 heterocycles. The summed E-state index contributed by atoms with van der Waals surface area (Å²) in [6.45, 7) is 2.22. The Morgan fingerprint density at radius 2 is 2.08 bits per heavy atom. The molecule has 0 bridgehead atoms. The van der Waals surface area contributed by atoms with Gasteiger partial charge in [-0.05, 0) is 6.92 Å². The van der Waals surface area contributed by atoms with Gasteiger partial charge in [-0.15, -0.1) is 12.4 Å². The van der Waals surface area contributed by atoms with Gasteiger partial charge in [0.25, 0.3) is 0 Å². The molecule has 0 saturated heterocycles. The Morgan fingerprint density at radius 3 is 2.58 bits per heavy atom. The summed E-state index contributed by atoms with van der Waals surface area (Å²) >= 11 is 0. The molecule has 0 unspecified atom stereocenters. The summed E-state index contributed by atoms with van der Waals surface area (Å²) in [6, 6.07) is 0. The Balaban J connectivity index is 0.00000121. The van der Waals surface area contributed by atoms with Crippen molar-refractivity contribution >= 4 is 30.8 Å². The number of carbonyl (C=O) groups excluding carboxylic acids is 1. The number of halogens is 1. The first-order valence-corrected chi connectivity index (χ1v) is 3.55. The second kappa shape index (κ2) is 5.71. The molecule has 0 aromatic heterocycles. The van der Waals surface area contributed by atoms with E-state index >= 15 is 0 Å².